The average Bonchev–Trinajstić information content (AvgIpc) is 2.31. The van der Waals surface area contributed by atoms with Crippen LogP contribution in [0.4, 0.5) is 0 Å². The molecule has 0 aliphatic rings. The third kappa shape index (κ3) is 3.20. The fourth-order valence-electron chi connectivity index (χ4n) is 1.52. The average molecular weight is 248 g/mol. The Morgan fingerprint density at radius 1 is 1.22 bits per heavy atom. The van der Waals surface area contributed by atoms with Gasteiger partial charge in [-0.2, -0.15) is 0 Å². The molecule has 0 saturated heterocycles. The fraction of sp³-hybridized carbons (Fsp3) is 0.286. The summed E-state index contributed by atoms with van der Waals surface area (Å²) in [5, 5.41) is 9.57. The Morgan fingerprint density at radius 3 is 2.22 bits per heavy atom. The van der Waals surface area contributed by atoms with Crippen LogP contribution in [0.2, 0.25) is 0 Å². The second-order valence-corrected chi connectivity index (χ2v) is 3.88. The number of esters is 1. The van der Waals surface area contributed by atoms with Crippen molar-refractivity contribution in [3.63, 3.8) is 0 Å². The molecule has 0 aliphatic carbocycles. The van der Waals surface area contributed by atoms with Gasteiger partial charge in [0.25, 0.3) is 5.78 Å². The number of aliphatic hydroxyl groups excluding tert-OH is 1. The first-order valence-electron chi connectivity index (χ1n) is 5.65. The number of hydrogen-bond donors (Lipinski definition) is 1. The summed E-state index contributed by atoms with van der Waals surface area (Å²) < 4.78 is 4.65. The SMILES string of the molecule is CCOC(=O)C(=O)C(=C(C)O)c1ccc(C)cc1. The van der Waals surface area contributed by atoms with Crippen molar-refractivity contribution in [1.29, 1.82) is 0 Å². The highest BCUT2D eigenvalue weighted by Crippen LogP contribution is 2.20. The topological polar surface area (TPSA) is 63.6 Å². The highest BCUT2D eigenvalue weighted by atomic mass is 16.5. The molecule has 0 unspecified atom stereocenters. The number of allylic oxidation sites excluding steroid dienone is 1. The number of Topliss-reactive ketones (excluding diaryl/α,β-unsaturated/α-hetero) is 1. The Bertz CT molecular complexity index is 479. The highest BCUT2D eigenvalue weighted by Gasteiger charge is 2.23. The lowest BCUT2D eigenvalue weighted by atomic mass is 9.99. The summed E-state index contributed by atoms with van der Waals surface area (Å²) in [7, 11) is 0. The molecule has 18 heavy (non-hydrogen) atoms. The van der Waals surface area contributed by atoms with E-state index in [4.69, 9.17) is 0 Å². The van der Waals surface area contributed by atoms with E-state index in [1.54, 1.807) is 31.2 Å². The molecule has 1 N–H and O–H groups in total. The molecular weight excluding hydrogens is 232 g/mol. The number of carbonyl (C=O) groups is 2. The number of aryl methyl sites for hydroxylation is 1. The largest absolute Gasteiger partial charge is 0.512 e. The molecule has 0 heterocycles. The second kappa shape index (κ2) is 6.00. The zero-order chi connectivity index (χ0) is 13.7. The van der Waals surface area contributed by atoms with Crippen LogP contribution in [-0.4, -0.2) is 23.5 Å². The van der Waals surface area contributed by atoms with Gasteiger partial charge in [-0.1, -0.05) is 29.8 Å². The number of hydrogen-bond acceptors (Lipinski definition) is 4. The third-order valence-electron chi connectivity index (χ3n) is 2.39. The molecule has 1 rings (SSSR count). The maximum atomic E-state index is 11.9. The quantitative estimate of drug-likeness (QED) is 0.384. The van der Waals surface area contributed by atoms with Crippen LogP contribution in [0.25, 0.3) is 5.57 Å². The predicted octanol–water partition coefficient (Wildman–Crippen LogP) is 2.42. The number of benzene rings is 1. The summed E-state index contributed by atoms with van der Waals surface area (Å²) in [4.78, 5) is 23.3. The van der Waals surface area contributed by atoms with Crippen LogP contribution in [0.15, 0.2) is 30.0 Å². The van der Waals surface area contributed by atoms with E-state index < -0.39 is 11.8 Å². The number of ketones is 1. The number of rotatable bonds is 4. The van der Waals surface area contributed by atoms with Crippen molar-refractivity contribution in [2.45, 2.75) is 20.8 Å². The van der Waals surface area contributed by atoms with E-state index in [9.17, 15) is 14.7 Å². The van der Waals surface area contributed by atoms with Gasteiger partial charge >= 0.3 is 5.97 Å². The van der Waals surface area contributed by atoms with Crippen molar-refractivity contribution < 1.29 is 19.4 Å². The molecular formula is C14H16O4. The normalized spacial score (nSPS) is 11.7. The lowest BCUT2D eigenvalue weighted by Gasteiger charge is -2.08. The minimum Gasteiger partial charge on any atom is -0.512 e. The van der Waals surface area contributed by atoms with Crippen molar-refractivity contribution in [3.8, 4) is 0 Å². The van der Waals surface area contributed by atoms with Crippen LogP contribution >= 0.6 is 0 Å². The van der Waals surface area contributed by atoms with Crippen molar-refractivity contribution in [1.82, 2.24) is 0 Å². The van der Waals surface area contributed by atoms with Crippen LogP contribution in [0.3, 0.4) is 0 Å². The highest BCUT2D eigenvalue weighted by molar-refractivity contribution is 6.51. The first-order valence-corrected chi connectivity index (χ1v) is 5.65. The minimum absolute atomic E-state index is 0.0200. The molecule has 0 radical (unpaired) electrons. The van der Waals surface area contributed by atoms with Crippen LogP contribution < -0.4 is 0 Å². The molecule has 4 heteroatoms. The van der Waals surface area contributed by atoms with Gasteiger partial charge in [0.2, 0.25) is 0 Å². The molecule has 0 saturated carbocycles. The summed E-state index contributed by atoms with van der Waals surface area (Å²) in [6.45, 7) is 5.01. The van der Waals surface area contributed by atoms with Crippen molar-refractivity contribution >= 4 is 17.3 Å². The third-order valence-corrected chi connectivity index (χ3v) is 2.39. The minimum atomic E-state index is -0.957. The molecule has 0 aromatic heterocycles. The van der Waals surface area contributed by atoms with E-state index in [2.05, 4.69) is 4.74 Å². The summed E-state index contributed by atoms with van der Waals surface area (Å²) >= 11 is 0. The van der Waals surface area contributed by atoms with Crippen molar-refractivity contribution in [3.05, 3.63) is 41.2 Å². The summed E-state index contributed by atoms with van der Waals surface area (Å²) in [5.41, 5.74) is 1.50. The molecule has 0 bridgehead atoms. The van der Waals surface area contributed by atoms with Crippen LogP contribution in [-0.2, 0) is 14.3 Å². The van der Waals surface area contributed by atoms with Gasteiger partial charge < -0.3 is 9.84 Å². The smallest absolute Gasteiger partial charge is 0.379 e. The molecule has 1 aromatic carbocycles. The zero-order valence-corrected chi connectivity index (χ0v) is 10.7. The van der Waals surface area contributed by atoms with E-state index in [1.807, 2.05) is 6.92 Å². The first-order chi connectivity index (χ1) is 8.47. The summed E-state index contributed by atoms with van der Waals surface area (Å²) in [6, 6.07) is 6.97. The Kier molecular flexibility index (Phi) is 4.66. The molecule has 1 aromatic rings. The summed E-state index contributed by atoms with van der Waals surface area (Å²) in [6.07, 6.45) is 0. The molecule has 0 amide bonds. The van der Waals surface area contributed by atoms with Gasteiger partial charge in [-0.3, -0.25) is 4.79 Å². The number of ether oxygens (including phenoxy) is 1. The van der Waals surface area contributed by atoms with Gasteiger partial charge in [0, 0.05) is 0 Å². The van der Waals surface area contributed by atoms with E-state index in [0.717, 1.165) is 5.56 Å². The van der Waals surface area contributed by atoms with Gasteiger partial charge in [0.15, 0.2) is 0 Å². The second-order valence-electron chi connectivity index (χ2n) is 3.88. The molecule has 0 fully saturated rings. The van der Waals surface area contributed by atoms with Crippen LogP contribution in [0.5, 0.6) is 0 Å². The first kappa shape index (κ1) is 14.0. The van der Waals surface area contributed by atoms with E-state index >= 15 is 0 Å². The van der Waals surface area contributed by atoms with Gasteiger partial charge in [-0.05, 0) is 26.3 Å². The molecule has 4 nitrogen and oxygen atoms in total. The monoisotopic (exact) mass is 248 g/mol. The van der Waals surface area contributed by atoms with Crippen LogP contribution in [0.1, 0.15) is 25.0 Å². The number of carbonyl (C=O) groups excluding carboxylic acids is 2. The molecule has 0 spiro atoms. The standard InChI is InChI=1S/C14H16O4/c1-4-18-14(17)13(16)12(10(3)15)11-7-5-9(2)6-8-11/h5-8,15H,4H2,1-3H3. The summed E-state index contributed by atoms with van der Waals surface area (Å²) in [5.74, 6) is -1.99. The molecule has 0 aliphatic heterocycles. The zero-order valence-electron chi connectivity index (χ0n) is 10.7. The van der Waals surface area contributed by atoms with E-state index in [0.29, 0.717) is 5.56 Å². The Morgan fingerprint density at radius 2 is 1.78 bits per heavy atom. The Balaban J connectivity index is 3.13. The van der Waals surface area contributed by atoms with Gasteiger partial charge in [0.1, 0.15) is 5.76 Å². The lowest BCUT2D eigenvalue weighted by Crippen LogP contribution is -2.19. The maximum absolute atomic E-state index is 11.9. The van der Waals surface area contributed by atoms with Gasteiger partial charge in [0.05, 0.1) is 12.2 Å². The fourth-order valence-corrected chi connectivity index (χ4v) is 1.52. The Labute approximate surface area is 106 Å². The van der Waals surface area contributed by atoms with Crippen LogP contribution in [0, 0.1) is 6.92 Å². The lowest BCUT2D eigenvalue weighted by molar-refractivity contribution is -0.150. The van der Waals surface area contributed by atoms with Gasteiger partial charge in [-0.15, -0.1) is 0 Å². The van der Waals surface area contributed by atoms with Crippen molar-refractivity contribution in [2.24, 2.45) is 0 Å². The molecule has 96 valence electrons. The Hall–Kier alpha value is -2.10. The van der Waals surface area contributed by atoms with Gasteiger partial charge in [-0.25, -0.2) is 4.79 Å². The van der Waals surface area contributed by atoms with E-state index in [1.165, 1.54) is 6.92 Å². The van der Waals surface area contributed by atoms with Crippen molar-refractivity contribution in [2.75, 3.05) is 6.61 Å². The number of aliphatic hydroxyl groups is 1. The predicted molar refractivity (Wildman–Crippen MR) is 68.0 cm³/mol. The van der Waals surface area contributed by atoms with E-state index in [-0.39, 0.29) is 17.9 Å². The molecule has 0 atom stereocenters. The maximum Gasteiger partial charge on any atom is 0.379 e.